The van der Waals surface area contributed by atoms with Crippen LogP contribution >= 0.6 is 0 Å². The zero-order valence-electron chi connectivity index (χ0n) is 29.6. The number of ether oxygens (including phenoxy) is 4. The summed E-state index contributed by atoms with van der Waals surface area (Å²) in [5.41, 5.74) is 0. The molecule has 46 heavy (non-hydrogen) atoms. The molecule has 0 saturated carbocycles. The minimum absolute atomic E-state index is 0.106. The first-order valence-corrected chi connectivity index (χ1v) is 19.1. The molecule has 1 heterocycles. The molecule has 0 spiro atoms. The van der Waals surface area contributed by atoms with E-state index in [0.717, 1.165) is 32.1 Å². The lowest BCUT2D eigenvalue weighted by molar-refractivity contribution is -0.305. The highest BCUT2D eigenvalue weighted by molar-refractivity contribution is 5.69. The van der Waals surface area contributed by atoms with Crippen LogP contribution in [-0.4, -0.2) is 89.6 Å². The summed E-state index contributed by atoms with van der Waals surface area (Å²) in [5.74, 6) is -0.312. The van der Waals surface area contributed by atoms with Crippen LogP contribution in [0.4, 0.5) is 0 Å². The van der Waals surface area contributed by atoms with Crippen molar-refractivity contribution in [1.82, 2.24) is 0 Å². The van der Waals surface area contributed by atoms with E-state index in [2.05, 4.69) is 13.8 Å². The summed E-state index contributed by atoms with van der Waals surface area (Å²) in [4.78, 5) is 12.7. The normalized spacial score (nSPS) is 22.3. The van der Waals surface area contributed by atoms with Gasteiger partial charge in [0.25, 0.3) is 0 Å². The summed E-state index contributed by atoms with van der Waals surface area (Å²) < 4.78 is 22.7. The molecule has 6 unspecified atom stereocenters. The maximum Gasteiger partial charge on any atom is 0.306 e. The van der Waals surface area contributed by atoms with Crippen LogP contribution in [0.2, 0.25) is 0 Å². The van der Waals surface area contributed by atoms with Crippen LogP contribution in [0.1, 0.15) is 168 Å². The van der Waals surface area contributed by atoms with Crippen molar-refractivity contribution in [1.29, 1.82) is 0 Å². The molecule has 9 nitrogen and oxygen atoms in total. The Hall–Kier alpha value is -0.810. The second-order valence-electron chi connectivity index (χ2n) is 13.4. The molecule has 0 aliphatic carbocycles. The average Bonchev–Trinajstić information content (AvgIpc) is 3.05. The minimum atomic E-state index is -1.53. The van der Waals surface area contributed by atoms with Crippen LogP contribution in [0.5, 0.6) is 0 Å². The van der Waals surface area contributed by atoms with Gasteiger partial charge in [0.2, 0.25) is 0 Å². The lowest BCUT2D eigenvalue weighted by atomic mass is 9.99. The van der Waals surface area contributed by atoms with E-state index < -0.39 is 43.4 Å². The van der Waals surface area contributed by atoms with Crippen LogP contribution in [0.25, 0.3) is 0 Å². The van der Waals surface area contributed by atoms with E-state index in [4.69, 9.17) is 18.9 Å². The molecular weight excluding hydrogens is 588 g/mol. The summed E-state index contributed by atoms with van der Waals surface area (Å²) in [5, 5.41) is 39.9. The SMILES string of the molecule is CCCCCCCCCCCCCCCC(=O)OC(COCCCCCCCCCCCC)COC1OC(CO)C(O)C(O)C1O. The maximum atomic E-state index is 12.7. The van der Waals surface area contributed by atoms with E-state index in [9.17, 15) is 25.2 Å². The van der Waals surface area contributed by atoms with Gasteiger partial charge in [0.15, 0.2) is 6.29 Å². The van der Waals surface area contributed by atoms with Crippen molar-refractivity contribution in [3.05, 3.63) is 0 Å². The maximum absolute atomic E-state index is 12.7. The van der Waals surface area contributed by atoms with Gasteiger partial charge in [-0.15, -0.1) is 0 Å². The Morgan fingerprint density at radius 3 is 1.54 bits per heavy atom. The minimum Gasteiger partial charge on any atom is -0.457 e. The molecule has 6 atom stereocenters. The number of hydrogen-bond acceptors (Lipinski definition) is 9. The number of esters is 1. The van der Waals surface area contributed by atoms with Crippen molar-refractivity contribution in [3.63, 3.8) is 0 Å². The van der Waals surface area contributed by atoms with Crippen LogP contribution in [0.3, 0.4) is 0 Å². The van der Waals surface area contributed by atoms with Gasteiger partial charge in [-0.3, -0.25) is 4.79 Å². The van der Waals surface area contributed by atoms with Crippen LogP contribution in [0.15, 0.2) is 0 Å². The summed E-state index contributed by atoms with van der Waals surface area (Å²) in [6.45, 7) is 4.56. The number of carbonyl (C=O) groups excluding carboxylic acids is 1. The third-order valence-corrected chi connectivity index (χ3v) is 9.02. The summed E-state index contributed by atoms with van der Waals surface area (Å²) >= 11 is 0. The predicted octanol–water partition coefficient (Wildman–Crippen LogP) is 7.13. The lowest BCUT2D eigenvalue weighted by Gasteiger charge is -2.39. The Morgan fingerprint density at radius 1 is 0.609 bits per heavy atom. The summed E-state index contributed by atoms with van der Waals surface area (Å²) in [6, 6.07) is 0. The molecule has 0 radical (unpaired) electrons. The fourth-order valence-electron chi connectivity index (χ4n) is 5.96. The van der Waals surface area contributed by atoms with Crippen molar-refractivity contribution >= 4 is 5.97 Å². The fraction of sp³-hybridized carbons (Fsp3) is 0.973. The van der Waals surface area contributed by atoms with E-state index in [0.29, 0.717) is 13.0 Å². The van der Waals surface area contributed by atoms with E-state index in [-0.39, 0.29) is 19.2 Å². The van der Waals surface area contributed by atoms with Gasteiger partial charge < -0.3 is 39.4 Å². The lowest BCUT2D eigenvalue weighted by Crippen LogP contribution is -2.59. The highest BCUT2D eigenvalue weighted by Gasteiger charge is 2.44. The van der Waals surface area contributed by atoms with E-state index in [1.54, 1.807) is 0 Å². The second-order valence-corrected chi connectivity index (χ2v) is 13.4. The van der Waals surface area contributed by atoms with Crippen molar-refractivity contribution in [2.45, 2.75) is 205 Å². The predicted molar refractivity (Wildman–Crippen MR) is 183 cm³/mol. The van der Waals surface area contributed by atoms with Crippen LogP contribution in [-0.2, 0) is 23.7 Å². The van der Waals surface area contributed by atoms with Gasteiger partial charge in [-0.05, 0) is 12.8 Å². The molecule has 0 aromatic rings. The molecule has 274 valence electrons. The summed E-state index contributed by atoms with van der Waals surface area (Å²) in [7, 11) is 0. The number of aliphatic hydroxyl groups excluding tert-OH is 4. The first-order valence-electron chi connectivity index (χ1n) is 19.1. The molecule has 0 amide bonds. The zero-order valence-corrected chi connectivity index (χ0v) is 29.6. The fourth-order valence-corrected chi connectivity index (χ4v) is 5.96. The van der Waals surface area contributed by atoms with E-state index >= 15 is 0 Å². The third kappa shape index (κ3) is 21.9. The van der Waals surface area contributed by atoms with Crippen molar-refractivity contribution in [2.24, 2.45) is 0 Å². The molecule has 1 fully saturated rings. The summed E-state index contributed by atoms with van der Waals surface area (Å²) in [6.07, 6.45) is 21.2. The van der Waals surface area contributed by atoms with Crippen molar-refractivity contribution < 1.29 is 44.2 Å². The molecule has 1 aliphatic rings. The topological polar surface area (TPSA) is 135 Å². The molecule has 1 rings (SSSR count). The second kappa shape index (κ2) is 30.3. The Morgan fingerprint density at radius 2 is 1.07 bits per heavy atom. The molecule has 0 aromatic carbocycles. The van der Waals surface area contributed by atoms with Crippen molar-refractivity contribution in [2.75, 3.05) is 26.4 Å². The van der Waals surface area contributed by atoms with Crippen molar-refractivity contribution in [3.8, 4) is 0 Å². The number of unbranched alkanes of at least 4 members (excludes halogenated alkanes) is 21. The molecule has 0 aromatic heterocycles. The first kappa shape index (κ1) is 43.2. The van der Waals surface area contributed by atoms with Gasteiger partial charge in [-0.1, -0.05) is 149 Å². The van der Waals surface area contributed by atoms with Gasteiger partial charge in [0, 0.05) is 13.0 Å². The Bertz CT molecular complexity index is 677. The van der Waals surface area contributed by atoms with Gasteiger partial charge in [-0.2, -0.15) is 0 Å². The number of rotatable bonds is 32. The molecule has 4 N–H and O–H groups in total. The Labute approximate surface area is 281 Å². The molecule has 1 saturated heterocycles. The Kier molecular flexibility index (Phi) is 28.4. The van der Waals surface area contributed by atoms with Crippen LogP contribution < -0.4 is 0 Å². The molecule has 0 bridgehead atoms. The van der Waals surface area contributed by atoms with E-state index in [1.807, 2.05) is 0 Å². The number of aliphatic hydroxyl groups is 4. The van der Waals surface area contributed by atoms with Gasteiger partial charge in [0.05, 0.1) is 19.8 Å². The number of hydrogen-bond donors (Lipinski definition) is 4. The van der Waals surface area contributed by atoms with Crippen LogP contribution in [0, 0.1) is 0 Å². The Balaban J connectivity index is 2.32. The quantitative estimate of drug-likeness (QED) is 0.0439. The van der Waals surface area contributed by atoms with Gasteiger partial charge in [0.1, 0.15) is 30.5 Å². The van der Waals surface area contributed by atoms with Gasteiger partial charge in [-0.25, -0.2) is 0 Å². The first-order chi connectivity index (χ1) is 22.4. The zero-order chi connectivity index (χ0) is 33.7. The standard InChI is InChI=1S/C37H72O9/c1-3-5-7-9-11-13-15-16-17-18-20-22-24-26-33(39)45-31(29-43-27-25-23-21-19-14-12-10-8-6-4-2)30-44-37-36(42)35(41)34(40)32(28-38)46-37/h31-32,34-38,40-42H,3-30H2,1-2H3. The average molecular weight is 661 g/mol. The van der Waals surface area contributed by atoms with E-state index in [1.165, 1.54) is 116 Å². The molecule has 1 aliphatic heterocycles. The third-order valence-electron chi connectivity index (χ3n) is 9.02. The highest BCUT2D eigenvalue weighted by atomic mass is 16.7. The smallest absolute Gasteiger partial charge is 0.306 e. The highest BCUT2D eigenvalue weighted by Crippen LogP contribution is 2.22. The molecular formula is C37H72O9. The van der Waals surface area contributed by atoms with Gasteiger partial charge >= 0.3 is 5.97 Å². The number of carbonyl (C=O) groups is 1. The largest absolute Gasteiger partial charge is 0.457 e. The molecule has 9 heteroatoms. The monoisotopic (exact) mass is 661 g/mol.